The average molecular weight is 333 g/mol. The molecular weight excluding hydrogens is 316 g/mol. The van der Waals surface area contributed by atoms with Crippen molar-refractivity contribution in [3.05, 3.63) is 33.1 Å². The molecule has 0 aromatic heterocycles. The van der Waals surface area contributed by atoms with Gasteiger partial charge < -0.3 is 5.73 Å². The van der Waals surface area contributed by atoms with Gasteiger partial charge in [-0.05, 0) is 59.0 Å². The van der Waals surface area contributed by atoms with Crippen LogP contribution in [-0.2, 0) is 0 Å². The SMILES string of the molecule is NC(c1ccc(F)cc1I)C1CCCCC1. The van der Waals surface area contributed by atoms with E-state index in [2.05, 4.69) is 22.6 Å². The zero-order valence-electron chi connectivity index (χ0n) is 9.26. The summed E-state index contributed by atoms with van der Waals surface area (Å²) in [7, 11) is 0. The van der Waals surface area contributed by atoms with E-state index in [-0.39, 0.29) is 11.9 Å². The first-order chi connectivity index (χ1) is 7.68. The quantitative estimate of drug-likeness (QED) is 0.813. The van der Waals surface area contributed by atoms with Crippen LogP contribution in [0.15, 0.2) is 18.2 Å². The van der Waals surface area contributed by atoms with Gasteiger partial charge in [0.05, 0.1) is 0 Å². The van der Waals surface area contributed by atoms with E-state index in [1.165, 1.54) is 38.2 Å². The molecule has 1 atom stereocenters. The first-order valence-corrected chi connectivity index (χ1v) is 6.97. The molecule has 2 N–H and O–H groups in total. The Morgan fingerprint density at radius 1 is 1.25 bits per heavy atom. The molecular formula is C13H17FIN. The largest absolute Gasteiger partial charge is 0.324 e. The van der Waals surface area contributed by atoms with Crippen molar-refractivity contribution in [2.24, 2.45) is 11.7 Å². The normalized spacial score (nSPS) is 19.7. The lowest BCUT2D eigenvalue weighted by Gasteiger charge is -2.28. The van der Waals surface area contributed by atoms with Crippen molar-refractivity contribution in [1.29, 1.82) is 0 Å². The van der Waals surface area contributed by atoms with Crippen LogP contribution in [0.2, 0.25) is 0 Å². The lowest BCUT2D eigenvalue weighted by Crippen LogP contribution is -2.24. The Morgan fingerprint density at radius 3 is 2.56 bits per heavy atom. The van der Waals surface area contributed by atoms with Crippen molar-refractivity contribution in [2.75, 3.05) is 0 Å². The standard InChI is InChI=1S/C13H17FIN/c14-10-6-7-11(12(15)8-10)13(16)9-4-2-1-3-5-9/h6-9,13H,1-5,16H2. The molecule has 1 nitrogen and oxygen atoms in total. The smallest absolute Gasteiger partial charge is 0.124 e. The maximum Gasteiger partial charge on any atom is 0.124 e. The lowest BCUT2D eigenvalue weighted by atomic mass is 9.81. The van der Waals surface area contributed by atoms with Crippen molar-refractivity contribution in [3.63, 3.8) is 0 Å². The fourth-order valence-corrected chi connectivity index (χ4v) is 3.36. The van der Waals surface area contributed by atoms with Gasteiger partial charge in [0, 0.05) is 9.61 Å². The summed E-state index contributed by atoms with van der Waals surface area (Å²) in [6.45, 7) is 0. The minimum absolute atomic E-state index is 0.0767. The van der Waals surface area contributed by atoms with Crippen LogP contribution in [0.1, 0.15) is 43.7 Å². The number of rotatable bonds is 2. The van der Waals surface area contributed by atoms with Crippen molar-refractivity contribution in [3.8, 4) is 0 Å². The number of hydrogen-bond donors (Lipinski definition) is 1. The Morgan fingerprint density at radius 2 is 1.94 bits per heavy atom. The molecule has 0 bridgehead atoms. The summed E-state index contributed by atoms with van der Waals surface area (Å²) in [5.41, 5.74) is 7.40. The summed E-state index contributed by atoms with van der Waals surface area (Å²) < 4.78 is 14.0. The molecule has 1 aromatic carbocycles. The summed E-state index contributed by atoms with van der Waals surface area (Å²) in [6, 6.07) is 5.00. The summed E-state index contributed by atoms with van der Waals surface area (Å²) in [4.78, 5) is 0. The fourth-order valence-electron chi connectivity index (χ4n) is 2.52. The van der Waals surface area contributed by atoms with E-state index >= 15 is 0 Å². The molecule has 88 valence electrons. The van der Waals surface area contributed by atoms with Crippen LogP contribution in [0.5, 0.6) is 0 Å². The van der Waals surface area contributed by atoms with Crippen molar-refractivity contribution in [2.45, 2.75) is 38.1 Å². The van der Waals surface area contributed by atoms with Gasteiger partial charge in [0.1, 0.15) is 5.82 Å². The van der Waals surface area contributed by atoms with E-state index in [0.717, 1.165) is 9.13 Å². The second-order valence-corrected chi connectivity index (χ2v) is 5.75. The first-order valence-electron chi connectivity index (χ1n) is 5.89. The predicted octanol–water partition coefficient (Wildman–Crippen LogP) is 4.01. The highest BCUT2D eigenvalue weighted by molar-refractivity contribution is 14.1. The number of halogens is 2. The lowest BCUT2D eigenvalue weighted by molar-refractivity contribution is 0.307. The molecule has 0 aliphatic heterocycles. The van der Waals surface area contributed by atoms with E-state index in [4.69, 9.17) is 5.73 Å². The highest BCUT2D eigenvalue weighted by Gasteiger charge is 2.23. The second-order valence-electron chi connectivity index (χ2n) is 4.59. The minimum atomic E-state index is -0.177. The monoisotopic (exact) mass is 333 g/mol. The summed E-state index contributed by atoms with van der Waals surface area (Å²) in [5, 5.41) is 0. The van der Waals surface area contributed by atoms with Crippen LogP contribution in [0.4, 0.5) is 4.39 Å². The predicted molar refractivity (Wildman–Crippen MR) is 72.6 cm³/mol. The van der Waals surface area contributed by atoms with E-state index in [9.17, 15) is 4.39 Å². The number of benzene rings is 1. The highest BCUT2D eigenvalue weighted by atomic mass is 127. The Hall–Kier alpha value is -0.160. The maximum atomic E-state index is 13.0. The molecule has 1 fully saturated rings. The summed E-state index contributed by atoms with van der Waals surface area (Å²) in [6.07, 6.45) is 6.35. The number of hydrogen-bond acceptors (Lipinski definition) is 1. The molecule has 0 amide bonds. The zero-order valence-corrected chi connectivity index (χ0v) is 11.4. The van der Waals surface area contributed by atoms with E-state index in [1.54, 1.807) is 6.07 Å². The van der Waals surface area contributed by atoms with Crippen molar-refractivity contribution < 1.29 is 4.39 Å². The summed E-state index contributed by atoms with van der Waals surface area (Å²) in [5.74, 6) is 0.400. The van der Waals surface area contributed by atoms with Crippen LogP contribution in [0.3, 0.4) is 0 Å². The van der Waals surface area contributed by atoms with Gasteiger partial charge in [0.2, 0.25) is 0 Å². The molecule has 1 saturated carbocycles. The third-order valence-corrected chi connectivity index (χ3v) is 4.41. The van der Waals surface area contributed by atoms with Gasteiger partial charge in [-0.2, -0.15) is 0 Å². The third kappa shape index (κ3) is 2.74. The molecule has 0 saturated heterocycles. The van der Waals surface area contributed by atoms with Crippen molar-refractivity contribution in [1.82, 2.24) is 0 Å². The Kier molecular flexibility index (Phi) is 4.19. The zero-order chi connectivity index (χ0) is 11.5. The molecule has 2 rings (SSSR count). The van der Waals surface area contributed by atoms with Crippen LogP contribution in [-0.4, -0.2) is 0 Å². The molecule has 1 aromatic rings. The van der Waals surface area contributed by atoms with Crippen LogP contribution < -0.4 is 5.73 Å². The fraction of sp³-hybridized carbons (Fsp3) is 0.538. The Balaban J connectivity index is 2.15. The minimum Gasteiger partial charge on any atom is -0.324 e. The van der Waals surface area contributed by atoms with Gasteiger partial charge in [-0.25, -0.2) is 4.39 Å². The second kappa shape index (κ2) is 5.45. The molecule has 16 heavy (non-hydrogen) atoms. The number of nitrogens with two attached hydrogens (primary N) is 1. The van der Waals surface area contributed by atoms with Crippen molar-refractivity contribution >= 4 is 22.6 Å². The van der Waals surface area contributed by atoms with Gasteiger partial charge in [0.25, 0.3) is 0 Å². The molecule has 1 aliphatic carbocycles. The van der Waals surface area contributed by atoms with Crippen LogP contribution in [0, 0.1) is 15.3 Å². The van der Waals surface area contributed by atoms with Gasteiger partial charge in [-0.1, -0.05) is 25.3 Å². The Labute approximate surface area is 110 Å². The molecule has 1 unspecified atom stereocenters. The molecule has 0 spiro atoms. The molecule has 0 radical (unpaired) electrons. The van der Waals surface area contributed by atoms with E-state index in [1.807, 2.05) is 6.07 Å². The maximum absolute atomic E-state index is 13.0. The molecule has 3 heteroatoms. The van der Waals surface area contributed by atoms with Gasteiger partial charge >= 0.3 is 0 Å². The van der Waals surface area contributed by atoms with Gasteiger partial charge in [0.15, 0.2) is 0 Å². The Bertz CT molecular complexity index is 361. The van der Waals surface area contributed by atoms with Crippen LogP contribution >= 0.6 is 22.6 Å². The highest BCUT2D eigenvalue weighted by Crippen LogP contribution is 2.34. The third-order valence-electron chi connectivity index (χ3n) is 3.48. The molecule has 1 aliphatic rings. The van der Waals surface area contributed by atoms with Gasteiger partial charge in [-0.15, -0.1) is 0 Å². The van der Waals surface area contributed by atoms with Crippen LogP contribution in [0.25, 0.3) is 0 Å². The van der Waals surface area contributed by atoms with E-state index in [0.29, 0.717) is 5.92 Å². The summed E-state index contributed by atoms with van der Waals surface area (Å²) >= 11 is 2.18. The molecule has 0 heterocycles. The van der Waals surface area contributed by atoms with E-state index < -0.39 is 0 Å². The topological polar surface area (TPSA) is 26.0 Å². The average Bonchev–Trinajstić information content (AvgIpc) is 2.29. The van der Waals surface area contributed by atoms with Gasteiger partial charge in [-0.3, -0.25) is 0 Å². The first kappa shape index (κ1) is 12.3.